The van der Waals surface area contributed by atoms with Crippen LogP contribution in [0.1, 0.15) is 27.7 Å². The normalized spacial score (nSPS) is 22.5. The minimum atomic E-state index is -1.90. The monoisotopic (exact) mass is 367 g/mol. The van der Waals surface area contributed by atoms with Gasteiger partial charge < -0.3 is 14.5 Å². The van der Waals surface area contributed by atoms with E-state index in [1.54, 1.807) is 18.9 Å². The Kier molecular flexibility index (Phi) is 5.72. The van der Waals surface area contributed by atoms with Crippen molar-refractivity contribution in [2.24, 2.45) is 5.92 Å². The molecule has 1 aromatic carbocycles. The van der Waals surface area contributed by atoms with Crippen molar-refractivity contribution in [3.05, 3.63) is 24.3 Å². The molecule has 1 N–H and O–H groups in total. The quantitative estimate of drug-likeness (QED) is 0.602. The molecule has 134 valence electrons. The van der Waals surface area contributed by atoms with E-state index in [2.05, 4.69) is 39.2 Å². The third-order valence-corrected chi connectivity index (χ3v) is 10.9. The van der Waals surface area contributed by atoms with Crippen LogP contribution >= 0.6 is 11.8 Å². The lowest BCUT2D eigenvalue weighted by atomic mass is 9.96. The number of carbonyl (C=O) groups is 1. The van der Waals surface area contributed by atoms with E-state index in [1.165, 1.54) is 0 Å². The first-order valence-corrected chi connectivity index (χ1v) is 12.1. The summed E-state index contributed by atoms with van der Waals surface area (Å²) in [6.45, 7) is 13.1. The smallest absolute Gasteiger partial charge is 0.229 e. The SMILES string of the molecule is COc1ccccc1S[C@H]1NC(=O)[C@@H]1[C@@H](C)O[Si](C)(C)C(C)(C)C. The molecule has 4 nitrogen and oxygen atoms in total. The maximum atomic E-state index is 12.1. The molecule has 2 rings (SSSR count). The van der Waals surface area contributed by atoms with Gasteiger partial charge in [0.25, 0.3) is 0 Å². The lowest BCUT2D eigenvalue weighted by Gasteiger charge is -2.45. The van der Waals surface area contributed by atoms with Crippen LogP contribution in [-0.4, -0.2) is 32.8 Å². The molecular weight excluding hydrogens is 338 g/mol. The molecule has 1 aliphatic rings. The Morgan fingerprint density at radius 2 is 1.88 bits per heavy atom. The Balaban J connectivity index is 2.08. The maximum absolute atomic E-state index is 12.1. The van der Waals surface area contributed by atoms with Gasteiger partial charge in [0.15, 0.2) is 8.32 Å². The molecule has 1 amide bonds. The highest BCUT2D eigenvalue weighted by atomic mass is 32.2. The van der Waals surface area contributed by atoms with Gasteiger partial charge in [-0.2, -0.15) is 0 Å². The summed E-state index contributed by atoms with van der Waals surface area (Å²) >= 11 is 1.63. The van der Waals surface area contributed by atoms with Crippen molar-refractivity contribution < 1.29 is 14.0 Å². The van der Waals surface area contributed by atoms with Gasteiger partial charge in [-0.1, -0.05) is 44.7 Å². The van der Waals surface area contributed by atoms with Crippen LogP contribution in [0.4, 0.5) is 0 Å². The molecule has 3 atom stereocenters. The maximum Gasteiger partial charge on any atom is 0.229 e. The zero-order valence-electron chi connectivity index (χ0n) is 15.7. The second-order valence-corrected chi connectivity index (χ2v) is 13.7. The lowest BCUT2D eigenvalue weighted by Crippen LogP contribution is -2.62. The van der Waals surface area contributed by atoms with Crippen molar-refractivity contribution in [3.63, 3.8) is 0 Å². The third kappa shape index (κ3) is 3.98. The number of para-hydroxylation sites is 1. The van der Waals surface area contributed by atoms with Gasteiger partial charge in [0.05, 0.1) is 29.4 Å². The van der Waals surface area contributed by atoms with Crippen LogP contribution in [0.25, 0.3) is 0 Å². The van der Waals surface area contributed by atoms with Crippen molar-refractivity contribution in [3.8, 4) is 5.75 Å². The van der Waals surface area contributed by atoms with Crippen LogP contribution in [0.2, 0.25) is 18.1 Å². The second kappa shape index (κ2) is 7.10. The zero-order chi connectivity index (χ0) is 18.1. The number of methoxy groups -OCH3 is 1. The van der Waals surface area contributed by atoms with E-state index in [0.29, 0.717) is 0 Å². The molecular formula is C18H29NO3SSi. The molecule has 0 radical (unpaired) electrons. The summed E-state index contributed by atoms with van der Waals surface area (Å²) in [6.07, 6.45) is -0.0909. The molecule has 1 aliphatic heterocycles. The molecule has 6 heteroatoms. The number of nitrogens with one attached hydrogen (secondary N) is 1. The highest BCUT2D eigenvalue weighted by Gasteiger charge is 2.48. The summed E-state index contributed by atoms with van der Waals surface area (Å²) in [6, 6.07) is 7.89. The molecule has 0 aliphatic carbocycles. The first-order chi connectivity index (χ1) is 11.1. The Morgan fingerprint density at radius 3 is 2.42 bits per heavy atom. The molecule has 0 saturated carbocycles. The predicted octanol–water partition coefficient (Wildman–Crippen LogP) is 4.27. The van der Waals surface area contributed by atoms with Gasteiger partial charge >= 0.3 is 0 Å². The summed E-state index contributed by atoms with van der Waals surface area (Å²) in [5.41, 5.74) is 0. The number of carbonyl (C=O) groups excluding carboxylic acids is 1. The van der Waals surface area contributed by atoms with Gasteiger partial charge in [-0.3, -0.25) is 4.79 Å². The number of rotatable bonds is 6. The Morgan fingerprint density at radius 1 is 1.25 bits per heavy atom. The van der Waals surface area contributed by atoms with Crippen LogP contribution in [0.3, 0.4) is 0 Å². The number of β-lactam (4-membered cyclic amide) rings is 1. The summed E-state index contributed by atoms with van der Waals surface area (Å²) in [5.74, 6) is 0.781. The second-order valence-electron chi connectivity index (χ2n) is 7.81. The van der Waals surface area contributed by atoms with Crippen LogP contribution in [0, 0.1) is 5.92 Å². The molecule has 0 spiro atoms. The van der Waals surface area contributed by atoms with Gasteiger partial charge in [0.1, 0.15) is 5.75 Å². The topological polar surface area (TPSA) is 47.6 Å². The summed E-state index contributed by atoms with van der Waals surface area (Å²) in [5, 5.41) is 3.16. The molecule has 0 aromatic heterocycles. The Hall–Kier alpha value is -0.983. The van der Waals surface area contributed by atoms with Crippen molar-refractivity contribution >= 4 is 26.0 Å². The van der Waals surface area contributed by atoms with Crippen LogP contribution in [0.5, 0.6) is 5.75 Å². The van der Waals surface area contributed by atoms with Crippen LogP contribution < -0.4 is 10.1 Å². The van der Waals surface area contributed by atoms with Gasteiger partial charge in [-0.15, -0.1) is 0 Å². The first-order valence-electron chi connectivity index (χ1n) is 8.34. The number of amides is 1. The van der Waals surface area contributed by atoms with E-state index < -0.39 is 8.32 Å². The molecule has 0 bridgehead atoms. The minimum Gasteiger partial charge on any atom is -0.496 e. The average Bonchev–Trinajstić information content (AvgIpc) is 2.45. The summed E-state index contributed by atoms with van der Waals surface area (Å²) in [7, 11) is -0.230. The zero-order valence-corrected chi connectivity index (χ0v) is 17.5. The van der Waals surface area contributed by atoms with Gasteiger partial charge in [-0.25, -0.2) is 0 Å². The van der Waals surface area contributed by atoms with Crippen molar-refractivity contribution in [2.45, 2.75) is 62.2 Å². The van der Waals surface area contributed by atoms with E-state index in [-0.39, 0.29) is 28.3 Å². The molecule has 24 heavy (non-hydrogen) atoms. The highest BCUT2D eigenvalue weighted by Crippen LogP contribution is 2.42. The largest absolute Gasteiger partial charge is 0.496 e. The highest BCUT2D eigenvalue weighted by molar-refractivity contribution is 8.00. The van der Waals surface area contributed by atoms with Gasteiger partial charge in [-0.05, 0) is 37.2 Å². The van der Waals surface area contributed by atoms with E-state index >= 15 is 0 Å². The number of hydrogen-bond donors (Lipinski definition) is 1. The summed E-state index contributed by atoms with van der Waals surface area (Å²) < 4.78 is 11.8. The minimum absolute atomic E-state index is 0.0218. The van der Waals surface area contributed by atoms with E-state index in [9.17, 15) is 4.79 Å². The van der Waals surface area contributed by atoms with Crippen LogP contribution in [-0.2, 0) is 9.22 Å². The van der Waals surface area contributed by atoms with E-state index in [1.807, 2.05) is 31.2 Å². The first kappa shape index (κ1) is 19.3. The van der Waals surface area contributed by atoms with Crippen molar-refractivity contribution in [2.75, 3.05) is 7.11 Å². The molecule has 0 unspecified atom stereocenters. The molecule has 1 saturated heterocycles. The third-order valence-electron chi connectivity index (χ3n) is 5.03. The Bertz CT molecular complexity index is 600. The predicted molar refractivity (Wildman–Crippen MR) is 102 cm³/mol. The number of ether oxygens (including phenoxy) is 1. The standard InChI is InChI=1S/C18H29NO3SSi/c1-12(22-24(6,7)18(2,3)4)15-16(20)19-17(15)23-14-11-9-8-10-13(14)21-5/h8-12,15,17H,1-7H3,(H,19,20)/t12-,15+,17-/m1/s1. The van der Waals surface area contributed by atoms with Crippen molar-refractivity contribution in [1.29, 1.82) is 0 Å². The number of hydrogen-bond acceptors (Lipinski definition) is 4. The lowest BCUT2D eigenvalue weighted by molar-refractivity contribution is -0.136. The number of benzene rings is 1. The fraction of sp³-hybridized carbons (Fsp3) is 0.611. The fourth-order valence-corrected chi connectivity index (χ4v) is 5.29. The van der Waals surface area contributed by atoms with Crippen LogP contribution in [0.15, 0.2) is 29.2 Å². The average molecular weight is 368 g/mol. The Labute approximate surface area is 150 Å². The van der Waals surface area contributed by atoms with E-state index in [4.69, 9.17) is 9.16 Å². The van der Waals surface area contributed by atoms with Gasteiger partial charge in [0.2, 0.25) is 5.91 Å². The van der Waals surface area contributed by atoms with Gasteiger partial charge in [0, 0.05) is 0 Å². The number of thioether (sulfide) groups is 1. The summed E-state index contributed by atoms with van der Waals surface area (Å²) in [4.78, 5) is 13.2. The molecule has 1 fully saturated rings. The van der Waals surface area contributed by atoms with E-state index in [0.717, 1.165) is 10.6 Å². The molecule has 1 heterocycles. The molecule has 1 aromatic rings. The fourth-order valence-electron chi connectivity index (χ4n) is 2.50. The van der Waals surface area contributed by atoms with Crippen molar-refractivity contribution in [1.82, 2.24) is 5.32 Å².